The molecule has 0 saturated heterocycles. The average molecular weight is 171 g/mol. The molecule has 11 heavy (non-hydrogen) atoms. The quantitative estimate of drug-likeness (QED) is 0.227. The Hall–Kier alpha value is -0.240. The van der Waals surface area contributed by atoms with Crippen LogP contribution in [0.4, 0.5) is 0 Å². The van der Waals surface area contributed by atoms with Crippen LogP contribution in [0.5, 0.6) is 0 Å². The van der Waals surface area contributed by atoms with Crippen LogP contribution in [0.2, 0.25) is 0 Å². The molecule has 9 N–H and O–H groups in total. The smallest absolute Gasteiger partial charge is 0.0906 e. The third-order valence-corrected chi connectivity index (χ3v) is 0. The van der Waals surface area contributed by atoms with Crippen molar-refractivity contribution in [3.63, 3.8) is 0 Å². The summed E-state index contributed by atoms with van der Waals surface area (Å²) in [5.74, 6) is 0. The molecular weight excluding hydrogens is 150 g/mol. The first-order valence-corrected chi connectivity index (χ1v) is 3.17. The van der Waals surface area contributed by atoms with Crippen molar-refractivity contribution in [3.8, 4) is 0 Å². The second kappa shape index (κ2) is 98.3. The lowest BCUT2D eigenvalue weighted by Crippen LogP contribution is -1.92. The summed E-state index contributed by atoms with van der Waals surface area (Å²) in [7, 11) is 0. The second-order valence-corrected chi connectivity index (χ2v) is 0.548. The summed E-state index contributed by atoms with van der Waals surface area (Å²) in [6.07, 6.45) is 0. The van der Waals surface area contributed by atoms with Crippen LogP contribution in [0.15, 0.2) is 0 Å². The van der Waals surface area contributed by atoms with Crippen LogP contribution in [0.25, 0.3) is 0 Å². The molecule has 0 saturated carbocycles. The summed E-state index contributed by atoms with van der Waals surface area (Å²) in [4.78, 5) is 0. The third kappa shape index (κ3) is 10200. The normalized spacial score (nSPS) is 5.45. The van der Waals surface area contributed by atoms with Gasteiger partial charge in [-0.1, -0.05) is 13.8 Å². The van der Waals surface area contributed by atoms with Crippen LogP contribution in [0.1, 0.15) is 13.8 Å². The van der Waals surface area contributed by atoms with E-state index in [9.17, 15) is 0 Å². The van der Waals surface area contributed by atoms with Gasteiger partial charge in [-0.25, -0.2) is 0 Å². The highest BCUT2D eigenvalue weighted by atomic mass is 16.3. The van der Waals surface area contributed by atoms with E-state index in [2.05, 4.69) is 17.2 Å². The summed E-state index contributed by atoms with van der Waals surface area (Å²) in [5, 5.41) is 22.0. The van der Waals surface area contributed by atoms with Gasteiger partial charge in [0.25, 0.3) is 0 Å². The fourth-order valence-electron chi connectivity index (χ4n) is 0. The first-order valence-electron chi connectivity index (χ1n) is 3.17. The molecule has 0 unspecified atom stereocenters. The fourth-order valence-corrected chi connectivity index (χ4v) is 0. The Morgan fingerprint density at radius 2 is 0.727 bits per heavy atom. The first-order chi connectivity index (χ1) is 5.24. The maximum atomic E-state index is 7.35. The number of hydrogen-bond acceptors (Lipinski definition) is 6. The lowest BCUT2D eigenvalue weighted by atomic mass is 11.0. The Morgan fingerprint density at radius 3 is 0.727 bits per heavy atom. The van der Waals surface area contributed by atoms with Gasteiger partial charge in [0.1, 0.15) is 0 Å². The molecule has 0 aliphatic heterocycles. The van der Waals surface area contributed by atoms with Crippen molar-refractivity contribution in [2.24, 2.45) is 17.2 Å². The maximum absolute atomic E-state index is 7.35. The number of hydrogen-bond donors (Lipinski definition) is 6. The Bertz CT molecular complexity index is 21.7. The van der Waals surface area contributed by atoms with Crippen molar-refractivity contribution >= 4 is 0 Å². The minimum absolute atomic E-state index is 0.250. The molecule has 0 aromatic rings. The minimum Gasteiger partial charge on any atom is -0.382 e. The van der Waals surface area contributed by atoms with Gasteiger partial charge in [-0.2, -0.15) is 0 Å². The van der Waals surface area contributed by atoms with E-state index in [0.29, 0.717) is 0 Å². The van der Waals surface area contributed by atoms with E-state index in [-0.39, 0.29) is 20.2 Å². The van der Waals surface area contributed by atoms with Gasteiger partial charge >= 0.3 is 0 Å². The first kappa shape index (κ1) is 22.4. The van der Waals surface area contributed by atoms with Crippen LogP contribution in [-0.2, 0) is 0 Å². The summed E-state index contributed by atoms with van der Waals surface area (Å²) in [6.45, 7) is 3.25. The topological polar surface area (TPSA) is 139 Å². The van der Waals surface area contributed by atoms with Crippen LogP contribution < -0.4 is 17.2 Å². The molecule has 0 rings (SSSR count). The highest BCUT2D eigenvalue weighted by Crippen LogP contribution is 1.14. The Balaban J connectivity index is -0.0000000301. The van der Waals surface area contributed by atoms with E-state index in [0.717, 1.165) is 0 Å². The molecule has 0 aromatic carbocycles. The van der Waals surface area contributed by atoms with E-state index >= 15 is 0 Å². The van der Waals surface area contributed by atoms with Gasteiger partial charge in [-0.05, 0) is 0 Å². The fraction of sp³-hybridized carbons (Fsp3) is 1.00. The van der Waals surface area contributed by atoms with Gasteiger partial charge in [-0.3, -0.25) is 0 Å². The predicted octanol–water partition coefficient (Wildman–Crippen LogP) is -2.29. The summed E-state index contributed by atoms with van der Waals surface area (Å²) >= 11 is 0. The van der Waals surface area contributed by atoms with E-state index < -0.39 is 0 Å². The number of aliphatic hydroxyl groups is 3. The van der Waals surface area contributed by atoms with Crippen LogP contribution in [0.3, 0.4) is 0 Å². The summed E-state index contributed by atoms with van der Waals surface area (Å²) in [5.41, 5.74) is 13.2. The van der Waals surface area contributed by atoms with Gasteiger partial charge in [0.2, 0.25) is 0 Å². The lowest BCUT2D eigenvalue weighted by Gasteiger charge is -1.56. The van der Waals surface area contributed by atoms with Crippen LogP contribution in [0, 0.1) is 0 Å². The summed E-state index contributed by atoms with van der Waals surface area (Å²) < 4.78 is 0. The van der Waals surface area contributed by atoms with Crippen LogP contribution in [-0.4, -0.2) is 35.5 Å². The molecule has 0 bridgehead atoms. The molecule has 0 spiro atoms. The van der Waals surface area contributed by atoms with Gasteiger partial charge in [0, 0.05) is 0 Å². The van der Waals surface area contributed by atoms with Crippen molar-refractivity contribution < 1.29 is 15.3 Å². The number of nitrogens with two attached hydrogens (primary N) is 3. The molecular formula is C5H21N3O3. The zero-order valence-corrected chi connectivity index (χ0v) is 7.20. The molecule has 0 atom stereocenters. The van der Waals surface area contributed by atoms with Gasteiger partial charge in [-0.15, -0.1) is 0 Å². The molecule has 0 fully saturated rings. The van der Waals surface area contributed by atoms with Crippen molar-refractivity contribution in [1.29, 1.82) is 0 Å². The Kier molecular flexibility index (Phi) is 200. The zero-order valence-electron chi connectivity index (χ0n) is 7.20. The van der Waals surface area contributed by atoms with E-state index in [1.54, 1.807) is 0 Å². The molecule has 0 amide bonds. The highest BCUT2D eigenvalue weighted by Gasteiger charge is 1.31. The van der Waals surface area contributed by atoms with Gasteiger partial charge < -0.3 is 32.5 Å². The van der Waals surface area contributed by atoms with Crippen LogP contribution >= 0.6 is 0 Å². The summed E-state index contributed by atoms with van der Waals surface area (Å²) in [6, 6.07) is 0. The van der Waals surface area contributed by atoms with E-state index in [1.807, 2.05) is 13.8 Å². The molecule has 0 heterocycles. The molecule has 0 aliphatic rings. The molecule has 6 heteroatoms. The number of aliphatic hydroxyl groups excluding tert-OH is 3. The molecule has 0 aliphatic carbocycles. The second-order valence-electron chi connectivity index (χ2n) is 0.548. The SMILES string of the molecule is CC.NCO.NCO.NCO. The van der Waals surface area contributed by atoms with E-state index in [4.69, 9.17) is 15.3 Å². The maximum Gasteiger partial charge on any atom is 0.0906 e. The zero-order chi connectivity index (χ0) is 10.1. The molecule has 74 valence electrons. The molecule has 0 aromatic heterocycles. The predicted molar refractivity (Wildman–Crippen MR) is 45.2 cm³/mol. The average Bonchev–Trinajstić information content (AvgIpc) is 1.96. The lowest BCUT2D eigenvalue weighted by molar-refractivity contribution is 0.307. The largest absolute Gasteiger partial charge is 0.382 e. The van der Waals surface area contributed by atoms with Gasteiger partial charge in [0.15, 0.2) is 0 Å². The van der Waals surface area contributed by atoms with E-state index in [1.165, 1.54) is 0 Å². The van der Waals surface area contributed by atoms with Crippen molar-refractivity contribution in [2.45, 2.75) is 13.8 Å². The standard InChI is InChI=1S/C2H6.3CH5NO/c1-2;3*2-1-3/h1-2H3;3*3H,1-2H2. The Labute approximate surface area is 67.6 Å². The minimum atomic E-state index is -0.250. The number of rotatable bonds is 0. The monoisotopic (exact) mass is 171 g/mol. The molecule has 0 radical (unpaired) electrons. The molecule has 6 nitrogen and oxygen atoms in total. The van der Waals surface area contributed by atoms with Crippen molar-refractivity contribution in [3.05, 3.63) is 0 Å². The van der Waals surface area contributed by atoms with Crippen molar-refractivity contribution in [1.82, 2.24) is 0 Å². The Morgan fingerprint density at radius 1 is 0.727 bits per heavy atom. The highest BCUT2D eigenvalue weighted by molar-refractivity contribution is 3.77. The van der Waals surface area contributed by atoms with Gasteiger partial charge in [0.05, 0.1) is 20.2 Å². The third-order valence-electron chi connectivity index (χ3n) is 0. The van der Waals surface area contributed by atoms with Crippen molar-refractivity contribution in [2.75, 3.05) is 20.2 Å².